The van der Waals surface area contributed by atoms with Gasteiger partial charge in [0.05, 0.1) is 0 Å². The second kappa shape index (κ2) is 16.1. The number of halogens is 6. The highest BCUT2D eigenvalue weighted by atomic mass is 19.2. The number of esters is 2. The number of unbranched alkanes of at least 4 members (excludes halogenated alkanes) is 4. The van der Waals surface area contributed by atoms with Crippen molar-refractivity contribution in [1.29, 1.82) is 0 Å². The molecule has 0 aliphatic heterocycles. The number of hydrogen-bond acceptors (Lipinski definition) is 4. The summed E-state index contributed by atoms with van der Waals surface area (Å²) in [6.45, 7) is 0. The number of hydrogen-bond donors (Lipinski definition) is 0. The van der Waals surface area contributed by atoms with Gasteiger partial charge >= 0.3 is 11.9 Å². The fourth-order valence-electron chi connectivity index (χ4n) is 5.20. The Morgan fingerprint density at radius 2 is 0.796 bits per heavy atom. The molecule has 0 radical (unpaired) electrons. The molecule has 5 aromatic carbocycles. The first kappa shape index (κ1) is 34.9. The van der Waals surface area contributed by atoms with Crippen LogP contribution in [-0.2, 0) is 9.59 Å². The largest absolute Gasteiger partial charge is 0.426 e. The van der Waals surface area contributed by atoms with E-state index in [-0.39, 0.29) is 41.0 Å². The average Bonchev–Trinajstić information content (AvgIpc) is 3.07. The fourth-order valence-corrected chi connectivity index (χ4v) is 5.20. The lowest BCUT2D eigenvalue weighted by Crippen LogP contribution is -2.08. The molecule has 0 saturated carbocycles. The number of rotatable bonds is 13. The zero-order chi connectivity index (χ0) is 34.9. The highest BCUT2D eigenvalue weighted by Crippen LogP contribution is 2.30. The molecule has 0 N–H and O–H groups in total. The Morgan fingerprint density at radius 3 is 1.29 bits per heavy atom. The Bertz CT molecular complexity index is 1960. The van der Waals surface area contributed by atoms with Gasteiger partial charge in [-0.05, 0) is 83.6 Å². The molecule has 10 heteroatoms. The van der Waals surface area contributed by atoms with Gasteiger partial charge in [0.2, 0.25) is 0 Å². The molecule has 0 heterocycles. The molecular weight excluding hydrogens is 646 g/mol. The van der Waals surface area contributed by atoms with Crippen LogP contribution < -0.4 is 9.47 Å². The Hall–Kier alpha value is -5.38. The van der Waals surface area contributed by atoms with Crippen LogP contribution in [0.3, 0.4) is 0 Å². The lowest BCUT2D eigenvalue weighted by atomic mass is 10.00. The molecule has 0 bridgehead atoms. The molecule has 0 spiro atoms. The number of ether oxygens (including phenoxy) is 2. The quantitative estimate of drug-likeness (QED) is 0.0539. The van der Waals surface area contributed by atoms with Gasteiger partial charge in [-0.2, -0.15) is 0 Å². The van der Waals surface area contributed by atoms with Crippen LogP contribution in [0, 0.1) is 34.9 Å². The lowest BCUT2D eigenvalue weighted by Gasteiger charge is -2.09. The minimum atomic E-state index is -1.10. The average molecular weight is 677 g/mol. The Balaban J connectivity index is 0.988. The van der Waals surface area contributed by atoms with Gasteiger partial charge in [0.15, 0.2) is 23.3 Å². The van der Waals surface area contributed by atoms with E-state index in [2.05, 4.69) is 0 Å². The maximum absolute atomic E-state index is 14.9. The number of carbonyl (C=O) groups is 2. The summed E-state index contributed by atoms with van der Waals surface area (Å²) in [5.41, 5.74) is 2.15. The van der Waals surface area contributed by atoms with E-state index in [1.54, 1.807) is 24.3 Å². The van der Waals surface area contributed by atoms with E-state index in [4.69, 9.17) is 9.47 Å². The highest BCUT2D eigenvalue weighted by molar-refractivity contribution is 5.75. The van der Waals surface area contributed by atoms with Gasteiger partial charge in [0, 0.05) is 36.1 Å². The topological polar surface area (TPSA) is 52.6 Å². The molecule has 5 aromatic rings. The van der Waals surface area contributed by atoms with E-state index in [1.165, 1.54) is 36.4 Å². The second-order valence-corrected chi connectivity index (χ2v) is 11.3. The summed E-state index contributed by atoms with van der Waals surface area (Å²) in [5.74, 6) is -6.35. The summed E-state index contributed by atoms with van der Waals surface area (Å²) in [7, 11) is 0. The van der Waals surface area contributed by atoms with Crippen LogP contribution >= 0.6 is 0 Å². The van der Waals surface area contributed by atoms with Crippen LogP contribution in [0.25, 0.3) is 33.4 Å². The maximum Gasteiger partial charge on any atom is 0.311 e. The zero-order valence-electron chi connectivity index (χ0n) is 26.1. The minimum Gasteiger partial charge on any atom is -0.426 e. The molecule has 0 amide bonds. The third kappa shape index (κ3) is 9.37. The predicted molar refractivity (Wildman–Crippen MR) is 173 cm³/mol. The summed E-state index contributed by atoms with van der Waals surface area (Å²) < 4.78 is 93.3. The van der Waals surface area contributed by atoms with E-state index in [9.17, 15) is 35.9 Å². The van der Waals surface area contributed by atoms with Crippen LogP contribution in [0.5, 0.6) is 11.5 Å². The van der Waals surface area contributed by atoms with Crippen LogP contribution in [0.2, 0.25) is 0 Å². The van der Waals surface area contributed by atoms with Gasteiger partial charge in [-0.15, -0.1) is 0 Å². The first-order chi connectivity index (χ1) is 23.6. The van der Waals surface area contributed by atoms with E-state index >= 15 is 0 Å². The van der Waals surface area contributed by atoms with Gasteiger partial charge < -0.3 is 9.47 Å². The normalized spacial score (nSPS) is 11.0. The van der Waals surface area contributed by atoms with Crippen molar-refractivity contribution >= 4 is 11.9 Å². The SMILES string of the molecule is O=C(CCCCCCCC(=O)Oc1ccc(-c2ccc(F)c(F)c2)c(F)c1)Oc1ccc(-c2ccc(-c3ccc(F)c(F)c3)cc2)c(F)c1. The molecule has 252 valence electrons. The van der Waals surface area contributed by atoms with Crippen molar-refractivity contribution in [2.75, 3.05) is 0 Å². The van der Waals surface area contributed by atoms with E-state index in [0.717, 1.165) is 42.8 Å². The first-order valence-corrected chi connectivity index (χ1v) is 15.6. The summed E-state index contributed by atoms with van der Waals surface area (Å²) in [5, 5.41) is 0. The Morgan fingerprint density at radius 1 is 0.388 bits per heavy atom. The predicted octanol–water partition coefficient (Wildman–Crippen LogP) is 10.8. The van der Waals surface area contributed by atoms with E-state index < -0.39 is 46.8 Å². The smallest absolute Gasteiger partial charge is 0.311 e. The van der Waals surface area contributed by atoms with Gasteiger partial charge in [0.1, 0.15) is 23.1 Å². The van der Waals surface area contributed by atoms with Crippen molar-refractivity contribution < 1.29 is 45.4 Å². The monoisotopic (exact) mass is 676 g/mol. The Labute approximate surface area is 278 Å². The molecule has 49 heavy (non-hydrogen) atoms. The zero-order valence-corrected chi connectivity index (χ0v) is 26.1. The minimum absolute atomic E-state index is 0.00199. The molecule has 0 aliphatic carbocycles. The van der Waals surface area contributed by atoms with E-state index in [1.807, 2.05) is 0 Å². The number of carbonyl (C=O) groups excluding carboxylic acids is 2. The van der Waals surface area contributed by atoms with Gasteiger partial charge in [-0.3, -0.25) is 9.59 Å². The molecule has 0 unspecified atom stereocenters. The standard InChI is InChI=1S/C39H30F6O4/c40-32-18-12-26(20-36(32)44)24-8-10-25(11-9-24)30-16-14-28(22-34(30)42)48-38(46)6-4-2-1-3-5-7-39(47)49-29-15-17-31(35(43)23-29)27-13-19-33(41)37(45)21-27/h8-23H,1-7H2. The number of benzene rings is 5. The van der Waals surface area contributed by atoms with Crippen molar-refractivity contribution in [3.63, 3.8) is 0 Å². The molecule has 5 rings (SSSR count). The molecule has 0 aromatic heterocycles. The highest BCUT2D eigenvalue weighted by Gasteiger charge is 2.14. The van der Waals surface area contributed by atoms with Gasteiger partial charge in [-0.25, -0.2) is 26.3 Å². The lowest BCUT2D eigenvalue weighted by molar-refractivity contribution is -0.135. The maximum atomic E-state index is 14.9. The summed E-state index contributed by atoms with van der Waals surface area (Å²) >= 11 is 0. The Kier molecular flexibility index (Phi) is 11.5. The molecule has 0 saturated heterocycles. The van der Waals surface area contributed by atoms with Gasteiger partial charge in [0.25, 0.3) is 0 Å². The van der Waals surface area contributed by atoms with Crippen molar-refractivity contribution in [2.24, 2.45) is 0 Å². The van der Waals surface area contributed by atoms with Crippen molar-refractivity contribution in [3.05, 3.63) is 132 Å². The summed E-state index contributed by atoms with van der Waals surface area (Å²) in [6.07, 6.45) is 3.44. The molecule has 4 nitrogen and oxygen atoms in total. The summed E-state index contributed by atoms with van der Waals surface area (Å²) in [6, 6.07) is 21.1. The van der Waals surface area contributed by atoms with Gasteiger partial charge in [-0.1, -0.05) is 55.7 Å². The van der Waals surface area contributed by atoms with Crippen molar-refractivity contribution in [3.8, 4) is 44.9 Å². The van der Waals surface area contributed by atoms with Crippen LogP contribution in [0.1, 0.15) is 44.9 Å². The van der Waals surface area contributed by atoms with Crippen LogP contribution in [0.15, 0.2) is 97.1 Å². The fraction of sp³-hybridized carbons (Fsp3) is 0.179. The third-order valence-electron chi connectivity index (χ3n) is 7.79. The van der Waals surface area contributed by atoms with Crippen molar-refractivity contribution in [1.82, 2.24) is 0 Å². The summed E-state index contributed by atoms with van der Waals surface area (Å²) in [4.78, 5) is 24.5. The molecular formula is C39H30F6O4. The molecule has 0 atom stereocenters. The first-order valence-electron chi connectivity index (χ1n) is 15.6. The molecule has 0 fully saturated rings. The van der Waals surface area contributed by atoms with Crippen LogP contribution in [-0.4, -0.2) is 11.9 Å². The third-order valence-corrected chi connectivity index (χ3v) is 7.79. The second-order valence-electron chi connectivity index (χ2n) is 11.3. The van der Waals surface area contributed by atoms with Crippen molar-refractivity contribution in [2.45, 2.75) is 44.9 Å². The molecule has 0 aliphatic rings. The van der Waals surface area contributed by atoms with Crippen LogP contribution in [0.4, 0.5) is 26.3 Å². The van der Waals surface area contributed by atoms with E-state index in [0.29, 0.717) is 42.4 Å².